The molecule has 0 aliphatic carbocycles. The number of nitrogens with zero attached hydrogens (tertiary/aromatic N) is 6. The van der Waals surface area contributed by atoms with E-state index in [1.54, 1.807) is 44.7 Å². The van der Waals surface area contributed by atoms with E-state index in [0.29, 0.717) is 27.5 Å². The van der Waals surface area contributed by atoms with Gasteiger partial charge in [-0.1, -0.05) is 0 Å². The SMILES string of the molecule is COc1ccc(OC)c(CN(C(=O)O)c2ccnc([AsH]c3ccc(N4CCN(CCCN(C)C)CC4)cc3)n2)c1. The van der Waals surface area contributed by atoms with Crippen molar-refractivity contribution < 1.29 is 19.4 Å². The zero-order valence-corrected chi connectivity index (χ0v) is 25.8. The summed E-state index contributed by atoms with van der Waals surface area (Å²) in [5.41, 5.74) is 1.92. The van der Waals surface area contributed by atoms with Crippen molar-refractivity contribution in [2.24, 2.45) is 0 Å². The van der Waals surface area contributed by atoms with Crippen LogP contribution in [0.3, 0.4) is 0 Å². The fourth-order valence-corrected chi connectivity index (χ4v) is 6.60. The number of rotatable bonds is 12. The molecule has 1 saturated heterocycles. The van der Waals surface area contributed by atoms with Gasteiger partial charge < -0.3 is 0 Å². The Morgan fingerprint density at radius 2 is 1.77 bits per heavy atom. The third kappa shape index (κ3) is 8.10. The van der Waals surface area contributed by atoms with Crippen molar-refractivity contribution in [3.05, 3.63) is 60.3 Å². The zero-order valence-electron chi connectivity index (χ0n) is 23.7. The predicted molar refractivity (Wildman–Crippen MR) is 160 cm³/mol. The zero-order chi connectivity index (χ0) is 28.5. The number of benzene rings is 2. The molecule has 4 rings (SSSR count). The quantitative estimate of drug-likeness (QED) is 0.307. The number of aromatic nitrogens is 2. The minimum absolute atomic E-state index is 0.0732. The summed E-state index contributed by atoms with van der Waals surface area (Å²) in [4.78, 5) is 29.8. The van der Waals surface area contributed by atoms with Crippen LogP contribution in [0.25, 0.3) is 0 Å². The first-order valence-corrected chi connectivity index (χ1v) is 15.5. The monoisotopic (exact) mass is 610 g/mol. The summed E-state index contributed by atoms with van der Waals surface area (Å²) in [6.07, 6.45) is 1.73. The molecule has 2 heterocycles. The Morgan fingerprint density at radius 1 is 1.02 bits per heavy atom. The van der Waals surface area contributed by atoms with Crippen molar-refractivity contribution in [3.8, 4) is 11.5 Å². The van der Waals surface area contributed by atoms with Gasteiger partial charge in [0, 0.05) is 0 Å². The van der Waals surface area contributed by atoms with Gasteiger partial charge >= 0.3 is 230 Å². The Kier molecular flexibility index (Phi) is 10.6. The number of amides is 1. The first-order valence-electron chi connectivity index (χ1n) is 13.4. The number of methoxy groups -OCH3 is 2. The van der Waals surface area contributed by atoms with E-state index in [1.165, 1.54) is 21.4 Å². The van der Waals surface area contributed by atoms with E-state index in [1.807, 2.05) is 0 Å². The third-order valence-corrected chi connectivity index (χ3v) is 9.18. The number of anilines is 2. The van der Waals surface area contributed by atoms with Crippen molar-refractivity contribution in [2.75, 3.05) is 77.4 Å². The van der Waals surface area contributed by atoms with Crippen LogP contribution in [-0.2, 0) is 6.54 Å². The molecule has 1 aromatic heterocycles. The van der Waals surface area contributed by atoms with Crippen molar-refractivity contribution in [1.29, 1.82) is 0 Å². The van der Waals surface area contributed by atoms with E-state index in [-0.39, 0.29) is 6.54 Å². The Labute approximate surface area is 243 Å². The topological polar surface area (TPSA) is 94.5 Å². The van der Waals surface area contributed by atoms with E-state index in [2.05, 4.69) is 63.0 Å². The summed E-state index contributed by atoms with van der Waals surface area (Å²) < 4.78 is 12.6. The molecule has 0 radical (unpaired) electrons. The van der Waals surface area contributed by atoms with Crippen molar-refractivity contribution in [3.63, 3.8) is 0 Å². The summed E-state index contributed by atoms with van der Waals surface area (Å²) in [7, 11) is 7.38. The average molecular weight is 611 g/mol. The fraction of sp³-hybridized carbons (Fsp3) is 0.414. The molecule has 1 N–H and O–H groups in total. The summed E-state index contributed by atoms with van der Waals surface area (Å²) in [6.45, 7) is 6.60. The van der Waals surface area contributed by atoms with Gasteiger partial charge in [0.05, 0.1) is 0 Å². The second kappa shape index (κ2) is 14.3. The summed E-state index contributed by atoms with van der Waals surface area (Å²) in [5.74, 6) is 1.55. The van der Waals surface area contributed by atoms with Gasteiger partial charge in [0.1, 0.15) is 0 Å². The van der Waals surface area contributed by atoms with Gasteiger partial charge in [-0.05, 0) is 14.1 Å². The van der Waals surface area contributed by atoms with Crippen molar-refractivity contribution >= 4 is 42.3 Å². The van der Waals surface area contributed by atoms with Gasteiger partial charge in [-0.2, -0.15) is 0 Å². The summed E-state index contributed by atoms with van der Waals surface area (Å²) >= 11 is -0.842. The molecule has 1 aliphatic heterocycles. The number of carbonyl (C=O) groups is 1. The number of hydrogen-bond donors (Lipinski definition) is 1. The molecule has 3 aromatic rings. The molecule has 40 heavy (non-hydrogen) atoms. The maximum absolute atomic E-state index is 12.2. The van der Waals surface area contributed by atoms with Gasteiger partial charge in [0.25, 0.3) is 0 Å². The number of piperazine rings is 1. The molecule has 2 aromatic carbocycles. The molecule has 1 unspecified atom stereocenters. The van der Waals surface area contributed by atoms with Crippen molar-refractivity contribution in [1.82, 2.24) is 19.8 Å². The molecule has 0 saturated carbocycles. The second-order valence-electron chi connectivity index (χ2n) is 9.94. The molecule has 0 spiro atoms. The third-order valence-electron chi connectivity index (χ3n) is 6.90. The minimum atomic E-state index is -1.10. The van der Waals surface area contributed by atoms with E-state index >= 15 is 0 Å². The van der Waals surface area contributed by atoms with Gasteiger partial charge in [-0.3, -0.25) is 0 Å². The molecular formula is C29H39AsN6O4. The van der Waals surface area contributed by atoms with Crippen LogP contribution in [0.15, 0.2) is 54.7 Å². The Morgan fingerprint density at radius 3 is 2.42 bits per heavy atom. The van der Waals surface area contributed by atoms with Crippen LogP contribution in [-0.4, -0.2) is 114 Å². The standard InChI is InChI=1S/C29H39AsN6O4/c1-33(2)14-5-15-34-16-18-35(19-17-34)24-8-6-23(7-9-24)30-28-31-13-12-27(32-28)36(29(37)38)21-22-20-25(39-3)10-11-26(22)40-4/h6-13,20,30H,5,14-19,21H2,1-4H3,(H,37,38). The van der Waals surface area contributed by atoms with Crippen LogP contribution in [0.1, 0.15) is 12.0 Å². The van der Waals surface area contributed by atoms with E-state index in [4.69, 9.17) is 9.47 Å². The molecular weight excluding hydrogens is 571 g/mol. The van der Waals surface area contributed by atoms with Crippen LogP contribution in [0, 0.1) is 0 Å². The first kappa shape index (κ1) is 29.6. The molecule has 0 bridgehead atoms. The Bertz CT molecular complexity index is 1250. The van der Waals surface area contributed by atoms with Gasteiger partial charge in [0.15, 0.2) is 0 Å². The van der Waals surface area contributed by atoms with Crippen LogP contribution in [0.5, 0.6) is 11.5 Å². The van der Waals surface area contributed by atoms with Gasteiger partial charge in [0.2, 0.25) is 0 Å². The molecule has 1 amide bonds. The van der Waals surface area contributed by atoms with Crippen LogP contribution >= 0.6 is 0 Å². The summed E-state index contributed by atoms with van der Waals surface area (Å²) in [5, 5.41) is 9.99. The second-order valence-corrected chi connectivity index (χ2v) is 12.6. The van der Waals surface area contributed by atoms with E-state index in [0.717, 1.165) is 39.3 Å². The van der Waals surface area contributed by atoms with Gasteiger partial charge in [-0.25, -0.2) is 0 Å². The fourth-order valence-electron chi connectivity index (χ4n) is 4.71. The van der Waals surface area contributed by atoms with Crippen LogP contribution < -0.4 is 28.2 Å². The Hall–Kier alpha value is -3.33. The molecule has 10 nitrogen and oxygen atoms in total. The van der Waals surface area contributed by atoms with E-state index in [9.17, 15) is 9.90 Å². The molecule has 1 aliphatic rings. The predicted octanol–water partition coefficient (Wildman–Crippen LogP) is 1.64. The number of carboxylic acid groups (broad SMARTS) is 1. The van der Waals surface area contributed by atoms with Crippen LogP contribution in [0.2, 0.25) is 0 Å². The van der Waals surface area contributed by atoms with Crippen molar-refractivity contribution in [2.45, 2.75) is 13.0 Å². The average Bonchev–Trinajstić information content (AvgIpc) is 2.96. The molecule has 1 atom stereocenters. The maximum atomic E-state index is 12.2. The molecule has 11 heteroatoms. The van der Waals surface area contributed by atoms with E-state index < -0.39 is 21.8 Å². The Balaban J connectivity index is 1.38. The van der Waals surface area contributed by atoms with Crippen LogP contribution in [0.4, 0.5) is 16.3 Å². The summed E-state index contributed by atoms with van der Waals surface area (Å²) in [6, 6.07) is 15.6. The molecule has 1 fully saturated rings. The number of hydrogen-bond acceptors (Lipinski definition) is 8. The van der Waals surface area contributed by atoms with Gasteiger partial charge in [-0.15, -0.1) is 0 Å². The first-order chi connectivity index (χ1) is 19.4. The molecule has 214 valence electrons. The number of ether oxygens (including phenoxy) is 2. The normalized spacial score (nSPS) is 14.2.